The summed E-state index contributed by atoms with van der Waals surface area (Å²) in [5, 5.41) is 3.58. The number of anilines is 1. The zero-order valence-corrected chi connectivity index (χ0v) is 7.60. The number of aromatic nitrogens is 2. The van der Waals surface area contributed by atoms with Crippen molar-refractivity contribution >= 4 is 5.82 Å². The number of nitrogens with two attached hydrogens (primary N) is 1. The highest BCUT2D eigenvalue weighted by molar-refractivity contribution is 5.62. The predicted molar refractivity (Wildman–Crippen MR) is 50.7 cm³/mol. The van der Waals surface area contributed by atoms with Crippen LogP contribution in [0.2, 0.25) is 0 Å². The van der Waals surface area contributed by atoms with Gasteiger partial charge in [0.1, 0.15) is 5.75 Å². The normalized spacial score (nSPS) is 10.1. The van der Waals surface area contributed by atoms with Gasteiger partial charge in [-0.2, -0.15) is 0 Å². The van der Waals surface area contributed by atoms with Crippen molar-refractivity contribution in [3.05, 3.63) is 24.4 Å². The monoisotopic (exact) mass is 191 g/mol. The Morgan fingerprint density at radius 1 is 1.50 bits per heavy atom. The molecule has 0 unspecified atom stereocenters. The molecule has 0 radical (unpaired) electrons. The zero-order valence-electron chi connectivity index (χ0n) is 7.60. The number of nitrogens with zero attached hydrogens (tertiary/aromatic N) is 2. The SMILES string of the molecule is COc1cccnc1-c1cc(N)no1. The molecule has 0 amide bonds. The third-order valence-corrected chi connectivity index (χ3v) is 1.75. The van der Waals surface area contributed by atoms with Crippen LogP contribution in [0, 0.1) is 0 Å². The second-order valence-electron chi connectivity index (χ2n) is 2.67. The first kappa shape index (κ1) is 8.55. The maximum Gasteiger partial charge on any atom is 0.191 e. The molecule has 2 aromatic rings. The van der Waals surface area contributed by atoms with Crippen LogP contribution in [-0.2, 0) is 0 Å². The first-order valence-corrected chi connectivity index (χ1v) is 4.03. The highest BCUT2D eigenvalue weighted by atomic mass is 16.5. The van der Waals surface area contributed by atoms with E-state index in [1.54, 1.807) is 31.5 Å². The molecule has 0 aliphatic carbocycles. The van der Waals surface area contributed by atoms with Gasteiger partial charge in [-0.05, 0) is 12.1 Å². The Morgan fingerprint density at radius 2 is 2.36 bits per heavy atom. The van der Waals surface area contributed by atoms with Crippen molar-refractivity contribution in [2.24, 2.45) is 0 Å². The summed E-state index contributed by atoms with van der Waals surface area (Å²) >= 11 is 0. The van der Waals surface area contributed by atoms with E-state index in [2.05, 4.69) is 10.1 Å². The van der Waals surface area contributed by atoms with Gasteiger partial charge in [0.05, 0.1) is 7.11 Å². The second-order valence-corrected chi connectivity index (χ2v) is 2.67. The molecule has 72 valence electrons. The van der Waals surface area contributed by atoms with E-state index in [4.69, 9.17) is 15.0 Å². The van der Waals surface area contributed by atoms with Crippen molar-refractivity contribution in [1.29, 1.82) is 0 Å². The van der Waals surface area contributed by atoms with Gasteiger partial charge < -0.3 is 15.0 Å². The fourth-order valence-corrected chi connectivity index (χ4v) is 1.14. The molecule has 0 aromatic carbocycles. The van der Waals surface area contributed by atoms with Gasteiger partial charge in [-0.25, -0.2) is 4.98 Å². The van der Waals surface area contributed by atoms with Crippen molar-refractivity contribution < 1.29 is 9.26 Å². The van der Waals surface area contributed by atoms with Crippen LogP contribution < -0.4 is 10.5 Å². The standard InChI is InChI=1S/C9H9N3O2/c1-13-6-3-2-4-11-9(6)7-5-8(10)12-14-7/h2-5H,1H3,(H2,10,12). The van der Waals surface area contributed by atoms with Gasteiger partial charge in [-0.1, -0.05) is 5.16 Å². The minimum atomic E-state index is 0.327. The topological polar surface area (TPSA) is 74.2 Å². The van der Waals surface area contributed by atoms with Gasteiger partial charge >= 0.3 is 0 Å². The van der Waals surface area contributed by atoms with Gasteiger partial charge in [-0.15, -0.1) is 0 Å². The number of hydrogen-bond donors (Lipinski definition) is 1. The van der Waals surface area contributed by atoms with Crippen LogP contribution in [0.1, 0.15) is 0 Å². The molecule has 0 saturated heterocycles. The lowest BCUT2D eigenvalue weighted by molar-refractivity contribution is 0.404. The smallest absolute Gasteiger partial charge is 0.191 e. The van der Waals surface area contributed by atoms with E-state index in [0.29, 0.717) is 23.0 Å². The molecule has 2 aromatic heterocycles. The Labute approximate surface area is 80.5 Å². The number of rotatable bonds is 2. The average Bonchev–Trinajstić information content (AvgIpc) is 2.65. The highest BCUT2D eigenvalue weighted by Gasteiger charge is 2.11. The highest BCUT2D eigenvalue weighted by Crippen LogP contribution is 2.27. The molecule has 2 N–H and O–H groups in total. The van der Waals surface area contributed by atoms with E-state index in [-0.39, 0.29) is 0 Å². The van der Waals surface area contributed by atoms with Crippen molar-refractivity contribution in [1.82, 2.24) is 10.1 Å². The molecule has 0 spiro atoms. The number of hydrogen-bond acceptors (Lipinski definition) is 5. The van der Waals surface area contributed by atoms with Gasteiger partial charge in [0.25, 0.3) is 0 Å². The molecule has 14 heavy (non-hydrogen) atoms. The van der Waals surface area contributed by atoms with Crippen molar-refractivity contribution in [2.45, 2.75) is 0 Å². The van der Waals surface area contributed by atoms with Gasteiger partial charge in [-0.3, -0.25) is 0 Å². The molecule has 0 fully saturated rings. The number of ether oxygens (including phenoxy) is 1. The Bertz CT molecular complexity index is 439. The maximum absolute atomic E-state index is 5.43. The molecule has 0 aliphatic heterocycles. The Kier molecular flexibility index (Phi) is 2.06. The summed E-state index contributed by atoms with van der Waals surface area (Å²) in [5.41, 5.74) is 6.03. The molecular weight excluding hydrogens is 182 g/mol. The summed E-state index contributed by atoms with van der Waals surface area (Å²) in [7, 11) is 1.57. The lowest BCUT2D eigenvalue weighted by Gasteiger charge is -2.02. The summed E-state index contributed by atoms with van der Waals surface area (Å²) in [6, 6.07) is 5.17. The first-order valence-electron chi connectivity index (χ1n) is 4.03. The first-order chi connectivity index (χ1) is 6.81. The number of methoxy groups -OCH3 is 1. The molecule has 0 atom stereocenters. The zero-order chi connectivity index (χ0) is 9.97. The average molecular weight is 191 g/mol. The Morgan fingerprint density at radius 3 is 3.00 bits per heavy atom. The van der Waals surface area contributed by atoms with E-state index >= 15 is 0 Å². The molecule has 2 rings (SSSR count). The van der Waals surface area contributed by atoms with Crippen LogP contribution in [0.5, 0.6) is 5.75 Å². The third kappa shape index (κ3) is 1.39. The number of nitrogen functional groups attached to an aromatic ring is 1. The van der Waals surface area contributed by atoms with Crippen LogP contribution in [0.3, 0.4) is 0 Å². The van der Waals surface area contributed by atoms with Gasteiger partial charge in [0.2, 0.25) is 0 Å². The maximum atomic E-state index is 5.43. The molecule has 0 saturated carbocycles. The van der Waals surface area contributed by atoms with Crippen LogP contribution in [0.25, 0.3) is 11.5 Å². The van der Waals surface area contributed by atoms with Crippen LogP contribution >= 0.6 is 0 Å². The molecule has 5 heteroatoms. The van der Waals surface area contributed by atoms with Crippen molar-refractivity contribution in [2.75, 3.05) is 12.8 Å². The fourth-order valence-electron chi connectivity index (χ4n) is 1.14. The molecule has 5 nitrogen and oxygen atoms in total. The lowest BCUT2D eigenvalue weighted by atomic mass is 10.2. The second kappa shape index (κ2) is 3.37. The van der Waals surface area contributed by atoms with Crippen LogP contribution in [0.4, 0.5) is 5.82 Å². The van der Waals surface area contributed by atoms with Gasteiger partial charge in [0, 0.05) is 12.3 Å². The Hall–Kier alpha value is -2.04. The van der Waals surface area contributed by atoms with E-state index in [9.17, 15) is 0 Å². The molecule has 0 bridgehead atoms. The van der Waals surface area contributed by atoms with E-state index in [1.807, 2.05) is 0 Å². The number of pyridine rings is 1. The summed E-state index contributed by atoms with van der Waals surface area (Å²) < 4.78 is 10.1. The summed E-state index contributed by atoms with van der Waals surface area (Å²) in [4.78, 5) is 4.12. The lowest BCUT2D eigenvalue weighted by Crippen LogP contribution is -1.89. The van der Waals surface area contributed by atoms with Crippen LogP contribution in [-0.4, -0.2) is 17.3 Å². The fraction of sp³-hybridized carbons (Fsp3) is 0.111. The van der Waals surface area contributed by atoms with Crippen molar-refractivity contribution in [3.63, 3.8) is 0 Å². The van der Waals surface area contributed by atoms with Crippen LogP contribution in [0.15, 0.2) is 28.9 Å². The van der Waals surface area contributed by atoms with E-state index < -0.39 is 0 Å². The third-order valence-electron chi connectivity index (χ3n) is 1.75. The summed E-state index contributed by atoms with van der Waals surface area (Å²) in [6.07, 6.45) is 1.65. The Balaban J connectivity index is 2.50. The minimum Gasteiger partial charge on any atom is -0.494 e. The molecule has 0 aliphatic rings. The largest absolute Gasteiger partial charge is 0.494 e. The van der Waals surface area contributed by atoms with E-state index in [1.165, 1.54) is 0 Å². The molecule has 2 heterocycles. The summed E-state index contributed by atoms with van der Waals surface area (Å²) in [6.45, 7) is 0. The minimum absolute atomic E-state index is 0.327. The predicted octanol–water partition coefficient (Wildman–Crippen LogP) is 1.33. The van der Waals surface area contributed by atoms with Gasteiger partial charge in [0.15, 0.2) is 17.3 Å². The van der Waals surface area contributed by atoms with Crippen molar-refractivity contribution in [3.8, 4) is 17.2 Å². The molecular formula is C9H9N3O2. The van der Waals surface area contributed by atoms with E-state index in [0.717, 1.165) is 0 Å². The quantitative estimate of drug-likeness (QED) is 0.775. The summed E-state index contributed by atoms with van der Waals surface area (Å²) in [5.74, 6) is 1.45.